The third kappa shape index (κ3) is 1.94. The first-order valence-corrected chi connectivity index (χ1v) is 6.94. The number of terminal acetylenes is 1. The molecular weight excluding hydrogens is 258 g/mol. The fourth-order valence-electron chi connectivity index (χ4n) is 2.38. The molecule has 0 saturated heterocycles. The van der Waals surface area contributed by atoms with E-state index in [4.69, 9.17) is 12.2 Å². The number of nitrogen functional groups attached to an aromatic ring is 1. The molecule has 96 valence electrons. The number of carbonyl (C=O) groups excluding carboxylic acids is 1. The van der Waals surface area contributed by atoms with Gasteiger partial charge in [0.25, 0.3) is 5.91 Å². The lowest BCUT2D eigenvalue weighted by Gasteiger charge is -2.00. The van der Waals surface area contributed by atoms with Gasteiger partial charge in [0.1, 0.15) is 9.71 Å². The Balaban J connectivity index is 2.06. The van der Waals surface area contributed by atoms with Crippen molar-refractivity contribution in [2.24, 2.45) is 0 Å². The van der Waals surface area contributed by atoms with Crippen molar-refractivity contribution < 1.29 is 4.79 Å². The van der Waals surface area contributed by atoms with Crippen molar-refractivity contribution in [3.63, 3.8) is 0 Å². The molecule has 0 aromatic carbocycles. The lowest BCUT2D eigenvalue weighted by molar-refractivity contribution is 0.0963. The zero-order valence-corrected chi connectivity index (χ0v) is 11.1. The number of rotatable bonds is 2. The van der Waals surface area contributed by atoms with Gasteiger partial charge in [-0.25, -0.2) is 4.98 Å². The number of pyridine rings is 1. The largest absolute Gasteiger partial charge is 0.397 e. The van der Waals surface area contributed by atoms with Crippen LogP contribution in [0, 0.1) is 12.3 Å². The summed E-state index contributed by atoms with van der Waals surface area (Å²) in [6.45, 7) is 0.205. The minimum absolute atomic E-state index is 0.205. The molecule has 0 bridgehead atoms. The molecule has 0 unspecified atom stereocenters. The number of fused-ring (bicyclic) bond motifs is 2. The molecule has 1 amide bonds. The molecule has 5 heteroatoms. The van der Waals surface area contributed by atoms with E-state index in [9.17, 15) is 4.79 Å². The topological polar surface area (TPSA) is 68.0 Å². The summed E-state index contributed by atoms with van der Waals surface area (Å²) in [6.07, 6.45) is 8.34. The number of aryl methyl sites for hydroxylation is 2. The van der Waals surface area contributed by atoms with Gasteiger partial charge in [0.2, 0.25) is 0 Å². The molecule has 3 rings (SSSR count). The third-order valence-corrected chi connectivity index (χ3v) is 4.42. The third-order valence-electron chi connectivity index (χ3n) is 3.31. The van der Waals surface area contributed by atoms with E-state index < -0.39 is 0 Å². The zero-order chi connectivity index (χ0) is 13.4. The van der Waals surface area contributed by atoms with Crippen molar-refractivity contribution in [1.29, 1.82) is 0 Å². The highest BCUT2D eigenvalue weighted by atomic mass is 32.1. The Morgan fingerprint density at radius 1 is 1.58 bits per heavy atom. The van der Waals surface area contributed by atoms with Crippen LogP contribution in [0.25, 0.3) is 10.2 Å². The van der Waals surface area contributed by atoms with E-state index in [0.29, 0.717) is 10.6 Å². The minimum atomic E-state index is -0.224. The first-order valence-electron chi connectivity index (χ1n) is 6.13. The van der Waals surface area contributed by atoms with E-state index in [0.717, 1.165) is 35.2 Å². The van der Waals surface area contributed by atoms with Crippen LogP contribution in [0.1, 0.15) is 27.3 Å². The van der Waals surface area contributed by atoms with Gasteiger partial charge in [-0.05, 0) is 30.9 Å². The Kier molecular flexibility index (Phi) is 2.88. The summed E-state index contributed by atoms with van der Waals surface area (Å²) < 4.78 is 0. The highest BCUT2D eigenvalue weighted by Gasteiger charge is 2.20. The number of aromatic nitrogens is 1. The molecular formula is C14H13N3OS. The van der Waals surface area contributed by atoms with E-state index in [1.54, 1.807) is 0 Å². The second-order valence-corrected chi connectivity index (χ2v) is 5.53. The summed E-state index contributed by atoms with van der Waals surface area (Å²) in [5.41, 5.74) is 8.97. The molecule has 0 spiro atoms. The Hall–Kier alpha value is -2.06. The van der Waals surface area contributed by atoms with E-state index in [2.05, 4.69) is 22.3 Å². The Morgan fingerprint density at radius 3 is 3.21 bits per heavy atom. The van der Waals surface area contributed by atoms with Crippen LogP contribution in [0.2, 0.25) is 0 Å². The number of nitrogens with one attached hydrogen (secondary N) is 1. The van der Waals surface area contributed by atoms with Crippen LogP contribution >= 0.6 is 11.3 Å². The summed E-state index contributed by atoms with van der Waals surface area (Å²) in [4.78, 5) is 17.9. The van der Waals surface area contributed by atoms with Crippen LogP contribution in [0.4, 0.5) is 5.69 Å². The molecule has 0 aliphatic heterocycles. The van der Waals surface area contributed by atoms with Gasteiger partial charge in [0, 0.05) is 11.1 Å². The van der Waals surface area contributed by atoms with Crippen LogP contribution in [-0.4, -0.2) is 17.4 Å². The fraction of sp³-hybridized carbons (Fsp3) is 0.286. The molecule has 1 aliphatic carbocycles. The number of nitrogens with two attached hydrogens (primary N) is 1. The molecule has 2 heterocycles. The van der Waals surface area contributed by atoms with Crippen molar-refractivity contribution in [3.8, 4) is 12.3 Å². The number of anilines is 1. The van der Waals surface area contributed by atoms with Crippen LogP contribution in [0.3, 0.4) is 0 Å². The Labute approximate surface area is 115 Å². The van der Waals surface area contributed by atoms with Gasteiger partial charge in [-0.15, -0.1) is 17.8 Å². The molecule has 0 radical (unpaired) electrons. The number of carbonyl (C=O) groups is 1. The summed E-state index contributed by atoms with van der Waals surface area (Å²) >= 11 is 1.33. The van der Waals surface area contributed by atoms with E-state index in [1.807, 2.05) is 0 Å². The highest BCUT2D eigenvalue weighted by Crippen LogP contribution is 2.35. The van der Waals surface area contributed by atoms with E-state index in [1.165, 1.54) is 16.9 Å². The lowest BCUT2D eigenvalue weighted by atomic mass is 10.1. The molecule has 2 aromatic rings. The predicted molar refractivity (Wildman–Crippen MR) is 77.2 cm³/mol. The summed E-state index contributed by atoms with van der Waals surface area (Å²) in [5, 5.41) is 3.52. The van der Waals surface area contributed by atoms with Crippen LogP contribution in [0.15, 0.2) is 6.07 Å². The van der Waals surface area contributed by atoms with Gasteiger partial charge in [0.05, 0.1) is 12.2 Å². The molecule has 2 aromatic heterocycles. The summed E-state index contributed by atoms with van der Waals surface area (Å²) in [5.74, 6) is 2.15. The molecule has 3 N–H and O–H groups in total. The normalized spacial score (nSPS) is 13.2. The maximum Gasteiger partial charge on any atom is 0.264 e. The average Bonchev–Trinajstić information content (AvgIpc) is 2.98. The second kappa shape index (κ2) is 4.56. The van der Waals surface area contributed by atoms with Crippen molar-refractivity contribution >= 4 is 33.1 Å². The van der Waals surface area contributed by atoms with Gasteiger partial charge in [-0.1, -0.05) is 5.92 Å². The smallest absolute Gasteiger partial charge is 0.264 e. The molecule has 0 fully saturated rings. The Morgan fingerprint density at radius 2 is 2.42 bits per heavy atom. The van der Waals surface area contributed by atoms with Crippen molar-refractivity contribution in [2.75, 3.05) is 12.3 Å². The van der Waals surface area contributed by atoms with Crippen LogP contribution in [0.5, 0.6) is 0 Å². The van der Waals surface area contributed by atoms with Gasteiger partial charge >= 0.3 is 0 Å². The zero-order valence-electron chi connectivity index (χ0n) is 10.3. The average molecular weight is 271 g/mol. The quantitative estimate of drug-likeness (QED) is 0.817. The molecule has 0 atom stereocenters. The second-order valence-electron chi connectivity index (χ2n) is 4.53. The van der Waals surface area contributed by atoms with Gasteiger partial charge in [0.15, 0.2) is 0 Å². The summed E-state index contributed by atoms with van der Waals surface area (Å²) in [7, 11) is 0. The Bertz CT molecular complexity index is 712. The van der Waals surface area contributed by atoms with Crippen LogP contribution in [-0.2, 0) is 12.8 Å². The number of hydrogen-bond donors (Lipinski definition) is 2. The first kappa shape index (κ1) is 12.0. The van der Waals surface area contributed by atoms with E-state index in [-0.39, 0.29) is 12.5 Å². The molecule has 19 heavy (non-hydrogen) atoms. The predicted octanol–water partition coefficient (Wildman–Crippen LogP) is 1.73. The summed E-state index contributed by atoms with van der Waals surface area (Å²) in [6, 6.07) is 2.08. The van der Waals surface area contributed by atoms with Crippen molar-refractivity contribution in [1.82, 2.24) is 10.3 Å². The highest BCUT2D eigenvalue weighted by molar-refractivity contribution is 7.21. The molecule has 1 aliphatic rings. The molecule has 4 nitrogen and oxygen atoms in total. The number of hydrogen-bond acceptors (Lipinski definition) is 4. The van der Waals surface area contributed by atoms with Crippen molar-refractivity contribution in [3.05, 3.63) is 22.2 Å². The van der Waals surface area contributed by atoms with Gasteiger partial charge < -0.3 is 11.1 Å². The monoisotopic (exact) mass is 271 g/mol. The van der Waals surface area contributed by atoms with Gasteiger partial charge in [-0.2, -0.15) is 0 Å². The number of nitrogens with zero attached hydrogens (tertiary/aromatic N) is 1. The van der Waals surface area contributed by atoms with Crippen molar-refractivity contribution in [2.45, 2.75) is 19.3 Å². The molecule has 0 saturated carbocycles. The van der Waals surface area contributed by atoms with Crippen LogP contribution < -0.4 is 11.1 Å². The van der Waals surface area contributed by atoms with E-state index >= 15 is 0 Å². The number of thiophene rings is 1. The SMILES string of the molecule is C#CCNC(=O)c1sc2nc3c(cc2c1N)CCC3. The minimum Gasteiger partial charge on any atom is -0.397 e. The maximum absolute atomic E-state index is 11.9. The maximum atomic E-state index is 11.9. The standard InChI is InChI=1S/C14H13N3OS/c1-2-6-16-13(18)12-11(15)9-7-8-4-3-5-10(8)17-14(9)19-12/h1,7H,3-6,15H2,(H,16,18). The lowest BCUT2D eigenvalue weighted by Crippen LogP contribution is -2.23. The first-order chi connectivity index (χ1) is 9.20. The fourth-order valence-corrected chi connectivity index (χ4v) is 3.39. The van der Waals surface area contributed by atoms with Gasteiger partial charge in [-0.3, -0.25) is 4.79 Å². The number of amides is 1.